The van der Waals surface area contributed by atoms with E-state index in [0.29, 0.717) is 56.7 Å². The van der Waals surface area contributed by atoms with Crippen molar-refractivity contribution in [3.05, 3.63) is 52.7 Å². The Morgan fingerprint density at radius 3 is 2.43 bits per heavy atom. The van der Waals surface area contributed by atoms with Crippen LogP contribution in [0.2, 0.25) is 0 Å². The number of carbonyl (C=O) groups is 1. The quantitative estimate of drug-likeness (QED) is 0.445. The fourth-order valence-corrected chi connectivity index (χ4v) is 3.50. The number of furan rings is 1. The normalized spacial score (nSPS) is 17.1. The molecule has 0 spiro atoms. The van der Waals surface area contributed by atoms with Crippen LogP contribution in [0.5, 0.6) is 0 Å². The van der Waals surface area contributed by atoms with Gasteiger partial charge >= 0.3 is 5.69 Å². The number of anilines is 2. The third kappa shape index (κ3) is 3.40. The Hall–Kier alpha value is -3.43. The van der Waals surface area contributed by atoms with Crippen molar-refractivity contribution in [3.63, 3.8) is 0 Å². The van der Waals surface area contributed by atoms with E-state index < -0.39 is 4.92 Å². The number of hydrogen-bond donors (Lipinski definition) is 0. The van der Waals surface area contributed by atoms with Crippen molar-refractivity contribution in [2.24, 2.45) is 0 Å². The molecule has 1 saturated heterocycles. The van der Waals surface area contributed by atoms with Gasteiger partial charge in [-0.05, 0) is 18.6 Å². The van der Waals surface area contributed by atoms with Crippen LogP contribution >= 0.6 is 0 Å². The zero-order chi connectivity index (χ0) is 19.5. The summed E-state index contributed by atoms with van der Waals surface area (Å²) in [5, 5.41) is 11.8. The molecule has 0 unspecified atom stereocenters. The van der Waals surface area contributed by atoms with E-state index in [9.17, 15) is 14.9 Å². The molecule has 4 heterocycles. The average molecular weight is 384 g/mol. The Morgan fingerprint density at radius 1 is 1.07 bits per heavy atom. The van der Waals surface area contributed by atoms with E-state index in [-0.39, 0.29) is 11.6 Å². The molecule has 0 aromatic carbocycles. The minimum atomic E-state index is -0.413. The van der Waals surface area contributed by atoms with E-state index in [2.05, 4.69) is 16.0 Å². The van der Waals surface area contributed by atoms with Gasteiger partial charge in [0.15, 0.2) is 5.76 Å². The summed E-state index contributed by atoms with van der Waals surface area (Å²) in [5.74, 6) is 0.757. The SMILES string of the molecule is O=C(c1ccco1)N1CCN(c2ncnc(N3CC=CCC3)c2[N+](=O)[O-])CC1. The van der Waals surface area contributed by atoms with Crippen LogP contribution in [0.1, 0.15) is 17.0 Å². The molecule has 1 fully saturated rings. The molecule has 1 amide bonds. The van der Waals surface area contributed by atoms with Crippen molar-refractivity contribution >= 4 is 23.2 Å². The van der Waals surface area contributed by atoms with Gasteiger partial charge in [-0.3, -0.25) is 14.9 Å². The summed E-state index contributed by atoms with van der Waals surface area (Å²) in [6.45, 7) is 3.03. The highest BCUT2D eigenvalue weighted by molar-refractivity contribution is 5.91. The van der Waals surface area contributed by atoms with Crippen LogP contribution in [0, 0.1) is 10.1 Å². The minimum Gasteiger partial charge on any atom is -0.459 e. The number of hydrogen-bond acceptors (Lipinski definition) is 8. The Balaban J connectivity index is 1.54. The number of amides is 1. The second-order valence-electron chi connectivity index (χ2n) is 6.59. The molecule has 28 heavy (non-hydrogen) atoms. The number of aromatic nitrogens is 2. The lowest BCUT2D eigenvalue weighted by atomic mass is 10.2. The molecule has 10 nitrogen and oxygen atoms in total. The van der Waals surface area contributed by atoms with Crippen LogP contribution in [0.3, 0.4) is 0 Å². The highest BCUT2D eigenvalue weighted by atomic mass is 16.6. The van der Waals surface area contributed by atoms with Gasteiger partial charge < -0.3 is 19.1 Å². The summed E-state index contributed by atoms with van der Waals surface area (Å²) in [4.78, 5) is 37.6. The van der Waals surface area contributed by atoms with Crippen molar-refractivity contribution in [2.75, 3.05) is 49.1 Å². The van der Waals surface area contributed by atoms with Gasteiger partial charge in [-0.2, -0.15) is 0 Å². The molecule has 0 atom stereocenters. The maximum atomic E-state index is 12.4. The van der Waals surface area contributed by atoms with Gasteiger partial charge in [0, 0.05) is 39.3 Å². The van der Waals surface area contributed by atoms with E-state index >= 15 is 0 Å². The van der Waals surface area contributed by atoms with Crippen molar-refractivity contribution in [1.29, 1.82) is 0 Å². The van der Waals surface area contributed by atoms with E-state index in [1.165, 1.54) is 12.6 Å². The molecule has 2 aliphatic heterocycles. The van der Waals surface area contributed by atoms with Crippen LogP contribution < -0.4 is 9.80 Å². The minimum absolute atomic E-state index is 0.0800. The topological polar surface area (TPSA) is 109 Å². The summed E-state index contributed by atoms with van der Waals surface area (Å²) in [7, 11) is 0. The fourth-order valence-electron chi connectivity index (χ4n) is 3.50. The maximum Gasteiger partial charge on any atom is 0.353 e. The number of piperazine rings is 1. The molecule has 0 radical (unpaired) electrons. The Bertz CT molecular complexity index is 889. The van der Waals surface area contributed by atoms with Crippen molar-refractivity contribution in [2.45, 2.75) is 6.42 Å². The largest absolute Gasteiger partial charge is 0.459 e. The predicted molar refractivity (Wildman–Crippen MR) is 101 cm³/mol. The summed E-state index contributed by atoms with van der Waals surface area (Å²) < 4.78 is 5.17. The maximum absolute atomic E-state index is 12.4. The van der Waals surface area contributed by atoms with Crippen molar-refractivity contribution in [3.8, 4) is 0 Å². The molecule has 10 heteroatoms. The number of nitrogens with zero attached hydrogens (tertiary/aromatic N) is 6. The highest BCUT2D eigenvalue weighted by Gasteiger charge is 2.32. The van der Waals surface area contributed by atoms with Crippen LogP contribution in [-0.4, -0.2) is 65.0 Å². The van der Waals surface area contributed by atoms with Gasteiger partial charge in [0.25, 0.3) is 5.91 Å². The lowest BCUT2D eigenvalue weighted by molar-refractivity contribution is -0.383. The van der Waals surface area contributed by atoms with Crippen LogP contribution in [0.15, 0.2) is 41.3 Å². The molecule has 0 aliphatic carbocycles. The second kappa shape index (κ2) is 7.67. The number of nitro groups is 1. The molecular weight excluding hydrogens is 364 g/mol. The average Bonchev–Trinajstić information content (AvgIpc) is 3.28. The van der Waals surface area contributed by atoms with Crippen LogP contribution in [-0.2, 0) is 0 Å². The monoisotopic (exact) mass is 384 g/mol. The molecule has 146 valence electrons. The Labute approximate surface area is 161 Å². The molecule has 2 aromatic heterocycles. The smallest absolute Gasteiger partial charge is 0.353 e. The molecule has 0 saturated carbocycles. The summed E-state index contributed by atoms with van der Waals surface area (Å²) in [5.41, 5.74) is -0.0800. The second-order valence-corrected chi connectivity index (χ2v) is 6.59. The fraction of sp³-hybridized carbons (Fsp3) is 0.389. The van der Waals surface area contributed by atoms with E-state index in [1.54, 1.807) is 17.0 Å². The summed E-state index contributed by atoms with van der Waals surface area (Å²) in [6, 6.07) is 3.30. The van der Waals surface area contributed by atoms with Gasteiger partial charge in [-0.15, -0.1) is 0 Å². The van der Waals surface area contributed by atoms with Gasteiger partial charge in [0.1, 0.15) is 6.33 Å². The van der Waals surface area contributed by atoms with Gasteiger partial charge in [0.2, 0.25) is 11.6 Å². The number of carbonyl (C=O) groups excluding carboxylic acids is 1. The molecule has 0 bridgehead atoms. The predicted octanol–water partition coefficient (Wildman–Crippen LogP) is 1.71. The highest BCUT2D eigenvalue weighted by Crippen LogP contribution is 2.35. The molecular formula is C18H20N6O4. The molecule has 0 N–H and O–H groups in total. The Morgan fingerprint density at radius 2 is 1.82 bits per heavy atom. The third-order valence-electron chi connectivity index (χ3n) is 4.92. The summed E-state index contributed by atoms with van der Waals surface area (Å²) in [6.07, 6.45) is 7.69. The lowest BCUT2D eigenvalue weighted by Crippen LogP contribution is -2.49. The van der Waals surface area contributed by atoms with E-state index in [0.717, 1.165) is 6.42 Å². The first kappa shape index (κ1) is 18.0. The molecule has 2 aliphatic rings. The Kier molecular flexibility index (Phi) is 4.92. The first-order valence-corrected chi connectivity index (χ1v) is 9.12. The van der Waals surface area contributed by atoms with Crippen LogP contribution in [0.25, 0.3) is 0 Å². The van der Waals surface area contributed by atoms with Crippen molar-refractivity contribution < 1.29 is 14.1 Å². The van der Waals surface area contributed by atoms with Crippen LogP contribution in [0.4, 0.5) is 17.3 Å². The first-order valence-electron chi connectivity index (χ1n) is 9.12. The molecule has 2 aromatic rings. The third-order valence-corrected chi connectivity index (χ3v) is 4.92. The van der Waals surface area contributed by atoms with E-state index in [1.807, 2.05) is 15.9 Å². The zero-order valence-electron chi connectivity index (χ0n) is 15.2. The standard InChI is InChI=1S/C18H20N6O4/c25-18(14-5-4-12-28-14)23-10-8-22(9-11-23)17-15(24(26)27)16(19-13-20-17)21-6-2-1-3-7-21/h1-2,4-5,12-13H,3,6-11H2. The van der Waals surface area contributed by atoms with Crippen molar-refractivity contribution in [1.82, 2.24) is 14.9 Å². The first-order chi connectivity index (χ1) is 13.6. The molecule has 4 rings (SSSR count). The summed E-state index contributed by atoms with van der Waals surface area (Å²) >= 11 is 0. The lowest BCUT2D eigenvalue weighted by Gasteiger charge is -2.35. The zero-order valence-corrected chi connectivity index (χ0v) is 15.2. The van der Waals surface area contributed by atoms with Gasteiger partial charge in [-0.25, -0.2) is 9.97 Å². The van der Waals surface area contributed by atoms with Gasteiger partial charge in [-0.1, -0.05) is 12.2 Å². The van der Waals surface area contributed by atoms with E-state index in [4.69, 9.17) is 4.42 Å². The number of rotatable bonds is 4. The van der Waals surface area contributed by atoms with Gasteiger partial charge in [0.05, 0.1) is 11.2 Å².